The lowest BCUT2D eigenvalue weighted by Gasteiger charge is -2.14. The van der Waals surface area contributed by atoms with Gasteiger partial charge < -0.3 is 15.5 Å². The van der Waals surface area contributed by atoms with Crippen LogP contribution in [0.25, 0.3) is 0 Å². The van der Waals surface area contributed by atoms with Crippen molar-refractivity contribution in [3.63, 3.8) is 0 Å². The molecule has 180 valence electrons. The Kier molecular flexibility index (Phi) is 9.07. The number of nitrogens with zero attached hydrogens (tertiary/aromatic N) is 2. The number of benzene rings is 3. The van der Waals surface area contributed by atoms with Gasteiger partial charge in [-0.15, -0.1) is 0 Å². The molecule has 0 atom stereocenters. The van der Waals surface area contributed by atoms with E-state index in [2.05, 4.69) is 10.6 Å². The third-order valence-corrected chi connectivity index (χ3v) is 5.37. The molecule has 1 aliphatic heterocycles. The monoisotopic (exact) mass is 474 g/mol. The Labute approximate surface area is 202 Å². The molecule has 1 heterocycles. The number of anilines is 2. The molecule has 0 aromatic heterocycles. The number of carbonyl (C=O) groups is 3. The maximum atomic E-state index is 12.0. The second kappa shape index (κ2) is 12.6. The van der Waals surface area contributed by atoms with E-state index in [1.54, 1.807) is 24.3 Å². The fourth-order valence-corrected chi connectivity index (χ4v) is 3.50. The van der Waals surface area contributed by atoms with Gasteiger partial charge in [-0.2, -0.15) is 0 Å². The van der Waals surface area contributed by atoms with Gasteiger partial charge in [-0.25, -0.2) is 0 Å². The van der Waals surface area contributed by atoms with E-state index >= 15 is 0 Å². The second-order valence-electron chi connectivity index (χ2n) is 7.85. The van der Waals surface area contributed by atoms with Gasteiger partial charge in [0.05, 0.1) is 11.3 Å². The first kappa shape index (κ1) is 25.1. The van der Waals surface area contributed by atoms with Gasteiger partial charge in [-0.1, -0.05) is 30.3 Å². The number of nitrogens with one attached hydrogen (secondary N) is 2. The topological polar surface area (TPSA) is 122 Å². The minimum Gasteiger partial charge on any atom is -0.342 e. The van der Waals surface area contributed by atoms with Crippen LogP contribution in [0.2, 0.25) is 0 Å². The average Bonchev–Trinajstić information content (AvgIpc) is 3.42. The molecule has 0 saturated carbocycles. The van der Waals surface area contributed by atoms with Crippen LogP contribution in [-0.4, -0.2) is 41.1 Å². The maximum Gasteiger partial charge on any atom is 0.269 e. The summed E-state index contributed by atoms with van der Waals surface area (Å²) in [5.41, 5.74) is 2.52. The number of amides is 3. The Morgan fingerprint density at radius 2 is 1.49 bits per heavy atom. The number of carbonyl (C=O) groups excluding carboxylic acids is 3. The number of rotatable bonds is 7. The summed E-state index contributed by atoms with van der Waals surface area (Å²) in [4.78, 5) is 45.9. The highest BCUT2D eigenvalue weighted by atomic mass is 16.6. The molecule has 1 aliphatic rings. The van der Waals surface area contributed by atoms with Gasteiger partial charge >= 0.3 is 0 Å². The van der Waals surface area contributed by atoms with E-state index in [9.17, 15) is 24.5 Å². The number of hydrogen-bond acceptors (Lipinski definition) is 5. The zero-order chi connectivity index (χ0) is 25.0. The van der Waals surface area contributed by atoms with Gasteiger partial charge in [-0.3, -0.25) is 24.5 Å². The van der Waals surface area contributed by atoms with Crippen LogP contribution in [0.4, 0.5) is 17.1 Å². The highest BCUT2D eigenvalue weighted by Gasteiger charge is 2.17. The molecular formula is C26H26N4O5. The van der Waals surface area contributed by atoms with Crippen LogP contribution in [0, 0.1) is 10.1 Å². The van der Waals surface area contributed by atoms with Crippen molar-refractivity contribution >= 4 is 35.3 Å². The third kappa shape index (κ3) is 7.78. The Morgan fingerprint density at radius 1 is 0.886 bits per heavy atom. The lowest BCUT2D eigenvalue weighted by molar-refractivity contribution is -0.384. The van der Waals surface area contributed by atoms with Crippen LogP contribution in [0.3, 0.4) is 0 Å². The normalized spacial score (nSPS) is 12.2. The van der Waals surface area contributed by atoms with E-state index in [1.807, 2.05) is 35.2 Å². The highest BCUT2D eigenvalue weighted by molar-refractivity contribution is 6.04. The molecule has 0 aliphatic carbocycles. The highest BCUT2D eigenvalue weighted by Crippen LogP contribution is 2.16. The zero-order valence-corrected chi connectivity index (χ0v) is 19.1. The van der Waals surface area contributed by atoms with Crippen molar-refractivity contribution < 1.29 is 19.3 Å². The van der Waals surface area contributed by atoms with Crippen molar-refractivity contribution in [3.05, 3.63) is 100 Å². The molecular weight excluding hydrogens is 448 g/mol. The van der Waals surface area contributed by atoms with Crippen molar-refractivity contribution in [3.8, 4) is 0 Å². The SMILES string of the molecule is O=C(Cc1ccccc1)N1CCCC1.O=CNc1ccc(NC(=O)c2ccc([N+](=O)[O-])cc2)cc1. The summed E-state index contributed by atoms with van der Waals surface area (Å²) in [5.74, 6) is -0.102. The average molecular weight is 475 g/mol. The van der Waals surface area contributed by atoms with Crippen molar-refractivity contribution in [2.75, 3.05) is 23.7 Å². The molecule has 1 saturated heterocycles. The first-order chi connectivity index (χ1) is 17.0. The largest absolute Gasteiger partial charge is 0.342 e. The second-order valence-corrected chi connectivity index (χ2v) is 7.85. The molecule has 0 bridgehead atoms. The van der Waals surface area contributed by atoms with Crippen LogP contribution in [-0.2, 0) is 16.0 Å². The number of nitro benzene ring substituents is 1. The molecule has 3 amide bonds. The number of non-ortho nitro benzene ring substituents is 1. The zero-order valence-electron chi connectivity index (χ0n) is 19.1. The van der Waals surface area contributed by atoms with Crippen LogP contribution < -0.4 is 10.6 Å². The van der Waals surface area contributed by atoms with E-state index in [-0.39, 0.29) is 17.5 Å². The van der Waals surface area contributed by atoms with E-state index in [4.69, 9.17) is 0 Å². The fourth-order valence-electron chi connectivity index (χ4n) is 3.50. The molecule has 9 nitrogen and oxygen atoms in total. The summed E-state index contributed by atoms with van der Waals surface area (Å²) in [7, 11) is 0. The van der Waals surface area contributed by atoms with Crippen LogP contribution in [0.1, 0.15) is 28.8 Å². The Hall–Kier alpha value is -4.53. The van der Waals surface area contributed by atoms with E-state index in [0.717, 1.165) is 18.7 Å². The number of hydrogen-bond donors (Lipinski definition) is 2. The Bertz CT molecular complexity index is 1140. The molecule has 0 unspecified atom stereocenters. The van der Waals surface area contributed by atoms with E-state index < -0.39 is 4.92 Å². The summed E-state index contributed by atoms with van der Waals surface area (Å²) in [6.07, 6.45) is 3.45. The summed E-state index contributed by atoms with van der Waals surface area (Å²) in [6.45, 7) is 1.90. The standard InChI is InChI=1S/C14H11N3O4.C12H15NO/c18-9-15-11-3-5-12(6-4-11)16-14(19)10-1-7-13(8-2-10)17(20)21;14-12(13-8-4-5-9-13)10-11-6-2-1-3-7-11/h1-9H,(H,15,18)(H,16,19);1-3,6-7H,4-5,8-10H2. The molecule has 3 aromatic rings. The molecule has 9 heteroatoms. The molecule has 0 spiro atoms. The van der Waals surface area contributed by atoms with Gasteiger partial charge in [0.2, 0.25) is 12.3 Å². The van der Waals surface area contributed by atoms with Crippen molar-refractivity contribution in [1.29, 1.82) is 0 Å². The molecule has 1 fully saturated rings. The summed E-state index contributed by atoms with van der Waals surface area (Å²) >= 11 is 0. The lowest BCUT2D eigenvalue weighted by Crippen LogP contribution is -2.28. The Morgan fingerprint density at radius 3 is 2.06 bits per heavy atom. The molecule has 2 N–H and O–H groups in total. The maximum absolute atomic E-state index is 12.0. The molecule has 3 aromatic carbocycles. The van der Waals surface area contributed by atoms with Gasteiger partial charge in [0.1, 0.15) is 0 Å². The molecule has 4 rings (SSSR count). The summed E-state index contributed by atoms with van der Waals surface area (Å²) in [5, 5.41) is 15.7. The van der Waals surface area contributed by atoms with Crippen molar-refractivity contribution in [2.45, 2.75) is 19.3 Å². The van der Waals surface area contributed by atoms with Gasteiger partial charge in [0.25, 0.3) is 11.6 Å². The third-order valence-electron chi connectivity index (χ3n) is 5.37. The number of likely N-dealkylation sites (tertiary alicyclic amines) is 1. The first-order valence-electron chi connectivity index (χ1n) is 11.1. The lowest BCUT2D eigenvalue weighted by atomic mass is 10.1. The Balaban J connectivity index is 0.000000211. The first-order valence-corrected chi connectivity index (χ1v) is 11.1. The predicted octanol–water partition coefficient (Wildman–Crippen LogP) is 4.27. The minimum atomic E-state index is -0.527. The van der Waals surface area contributed by atoms with E-state index in [0.29, 0.717) is 29.8 Å². The molecule has 0 radical (unpaired) electrons. The summed E-state index contributed by atoms with van der Waals surface area (Å²) in [6, 6.07) is 21.8. The van der Waals surface area contributed by atoms with Crippen molar-refractivity contribution in [2.24, 2.45) is 0 Å². The number of nitro groups is 1. The quantitative estimate of drug-likeness (QED) is 0.301. The van der Waals surface area contributed by atoms with Gasteiger partial charge in [0, 0.05) is 42.2 Å². The smallest absolute Gasteiger partial charge is 0.269 e. The van der Waals surface area contributed by atoms with Crippen molar-refractivity contribution in [1.82, 2.24) is 4.90 Å². The van der Waals surface area contributed by atoms with E-state index in [1.165, 1.54) is 37.1 Å². The summed E-state index contributed by atoms with van der Waals surface area (Å²) < 4.78 is 0. The van der Waals surface area contributed by atoms with Crippen LogP contribution in [0.5, 0.6) is 0 Å². The van der Waals surface area contributed by atoms with Crippen LogP contribution >= 0.6 is 0 Å². The van der Waals surface area contributed by atoms with Crippen LogP contribution in [0.15, 0.2) is 78.9 Å². The predicted molar refractivity (Wildman–Crippen MR) is 133 cm³/mol. The van der Waals surface area contributed by atoms with Gasteiger partial charge in [-0.05, 0) is 54.8 Å². The fraction of sp³-hybridized carbons (Fsp3) is 0.192. The van der Waals surface area contributed by atoms with Gasteiger partial charge in [0.15, 0.2) is 0 Å². The molecule has 35 heavy (non-hydrogen) atoms. The minimum absolute atomic E-state index is 0.0733.